The number of benzene rings is 4. The molecule has 4 aromatic rings. The maximum Gasteiger partial charge on any atom is -0.00671 e. The molecule has 0 heterocycles. The van der Waals surface area contributed by atoms with E-state index < -0.39 is 0 Å². The molecule has 0 aromatic heterocycles. The van der Waals surface area contributed by atoms with Gasteiger partial charge in [-0.3, -0.25) is 0 Å². The zero-order valence-electron chi connectivity index (χ0n) is 13.9. The molecule has 0 spiro atoms. The van der Waals surface area contributed by atoms with Crippen LogP contribution in [0.1, 0.15) is 16.7 Å². The van der Waals surface area contributed by atoms with Crippen molar-refractivity contribution in [1.29, 1.82) is 0 Å². The number of aryl methyl sites for hydroxylation is 3. The van der Waals surface area contributed by atoms with Gasteiger partial charge >= 0.3 is 0 Å². The molecule has 0 N–H and O–H groups in total. The molecule has 0 aliphatic rings. The van der Waals surface area contributed by atoms with Crippen molar-refractivity contribution < 1.29 is 0 Å². The van der Waals surface area contributed by atoms with Gasteiger partial charge < -0.3 is 0 Å². The quantitative estimate of drug-likeness (QED) is 0.372. The molecule has 0 saturated heterocycles. The van der Waals surface area contributed by atoms with Crippen LogP contribution < -0.4 is 0 Å². The molecule has 0 nitrogen and oxygen atoms in total. The van der Waals surface area contributed by atoms with Crippen LogP contribution in [0.3, 0.4) is 0 Å². The van der Waals surface area contributed by atoms with E-state index in [1.54, 1.807) is 0 Å². The summed E-state index contributed by atoms with van der Waals surface area (Å²) in [6.45, 7) is 6.61. The Morgan fingerprint density at radius 1 is 0.522 bits per heavy atom. The van der Waals surface area contributed by atoms with Crippen LogP contribution in [-0.2, 0) is 0 Å². The van der Waals surface area contributed by atoms with E-state index in [0.29, 0.717) is 0 Å². The van der Waals surface area contributed by atoms with Crippen molar-refractivity contribution in [2.75, 3.05) is 0 Å². The Labute approximate surface area is 137 Å². The molecule has 0 atom stereocenters. The lowest BCUT2D eigenvalue weighted by Gasteiger charge is -2.16. The van der Waals surface area contributed by atoms with Gasteiger partial charge in [-0.15, -0.1) is 0 Å². The molecular weight excluding hydrogens is 276 g/mol. The van der Waals surface area contributed by atoms with Crippen LogP contribution in [0.2, 0.25) is 0 Å². The Hall–Kier alpha value is -2.60. The van der Waals surface area contributed by atoms with Gasteiger partial charge in [0.1, 0.15) is 0 Å². The largest absolute Gasteiger partial charge is 0.0616 e. The van der Waals surface area contributed by atoms with Crippen molar-refractivity contribution >= 4 is 21.5 Å². The van der Waals surface area contributed by atoms with Crippen LogP contribution in [0.5, 0.6) is 0 Å². The van der Waals surface area contributed by atoms with Crippen molar-refractivity contribution in [1.82, 2.24) is 0 Å². The van der Waals surface area contributed by atoms with E-state index in [4.69, 9.17) is 0 Å². The van der Waals surface area contributed by atoms with E-state index >= 15 is 0 Å². The summed E-state index contributed by atoms with van der Waals surface area (Å²) < 4.78 is 0. The lowest BCUT2D eigenvalue weighted by Crippen LogP contribution is -1.92. The smallest absolute Gasteiger partial charge is 0.00671 e. The standard InChI is InChI=1S/C23H20/c1-15-8-11-19-13-10-17(3)23(21(19)14-15)22-16(2)9-12-18-6-4-5-7-20(18)22/h4-14H,1-3H3. The maximum absolute atomic E-state index is 2.32. The summed E-state index contributed by atoms with van der Waals surface area (Å²) in [6, 6.07) is 24.4. The monoisotopic (exact) mass is 296 g/mol. The van der Waals surface area contributed by atoms with E-state index in [0.717, 1.165) is 0 Å². The van der Waals surface area contributed by atoms with Gasteiger partial charge in [-0.1, -0.05) is 72.3 Å². The fourth-order valence-electron chi connectivity index (χ4n) is 3.59. The van der Waals surface area contributed by atoms with E-state index in [9.17, 15) is 0 Å². The third-order valence-corrected chi connectivity index (χ3v) is 4.77. The van der Waals surface area contributed by atoms with Crippen molar-refractivity contribution in [2.24, 2.45) is 0 Å². The zero-order valence-corrected chi connectivity index (χ0v) is 13.9. The number of rotatable bonds is 1. The number of hydrogen-bond acceptors (Lipinski definition) is 0. The Bertz CT molecular complexity index is 1030. The summed E-state index contributed by atoms with van der Waals surface area (Å²) in [7, 11) is 0. The average Bonchev–Trinajstić information content (AvgIpc) is 2.56. The first-order valence-electron chi connectivity index (χ1n) is 8.14. The van der Waals surface area contributed by atoms with Crippen molar-refractivity contribution in [3.8, 4) is 11.1 Å². The third kappa shape index (κ3) is 2.22. The van der Waals surface area contributed by atoms with Gasteiger partial charge in [0.05, 0.1) is 0 Å². The first-order valence-corrected chi connectivity index (χ1v) is 8.14. The molecule has 112 valence electrons. The lowest BCUT2D eigenvalue weighted by atomic mass is 9.87. The minimum atomic E-state index is 1.30. The van der Waals surface area contributed by atoms with E-state index in [1.807, 2.05) is 0 Å². The highest BCUT2D eigenvalue weighted by Crippen LogP contribution is 2.38. The molecular formula is C23H20. The van der Waals surface area contributed by atoms with Crippen molar-refractivity contribution in [2.45, 2.75) is 20.8 Å². The molecule has 0 fully saturated rings. The highest BCUT2D eigenvalue weighted by molar-refractivity contribution is 6.07. The SMILES string of the molecule is Cc1ccc2ccc(C)c(-c3c(C)ccc4ccccc34)c2c1. The second-order valence-corrected chi connectivity index (χ2v) is 6.46. The summed E-state index contributed by atoms with van der Waals surface area (Å²) in [5.41, 5.74) is 6.72. The summed E-state index contributed by atoms with van der Waals surface area (Å²) >= 11 is 0. The molecule has 0 heteroatoms. The van der Waals surface area contributed by atoms with Crippen molar-refractivity contribution in [3.63, 3.8) is 0 Å². The predicted molar refractivity (Wildman–Crippen MR) is 101 cm³/mol. The topological polar surface area (TPSA) is 0 Å². The average molecular weight is 296 g/mol. The Morgan fingerprint density at radius 3 is 1.83 bits per heavy atom. The van der Waals surface area contributed by atoms with E-state index in [1.165, 1.54) is 49.4 Å². The molecule has 4 aromatic carbocycles. The van der Waals surface area contributed by atoms with Crippen LogP contribution in [0.15, 0.2) is 66.7 Å². The molecule has 0 aliphatic heterocycles. The van der Waals surface area contributed by atoms with Crippen LogP contribution in [0.4, 0.5) is 0 Å². The highest BCUT2D eigenvalue weighted by atomic mass is 14.2. The number of hydrogen-bond donors (Lipinski definition) is 0. The molecule has 0 saturated carbocycles. The van der Waals surface area contributed by atoms with Gasteiger partial charge in [-0.05, 0) is 64.6 Å². The van der Waals surface area contributed by atoms with Crippen LogP contribution in [-0.4, -0.2) is 0 Å². The fourth-order valence-corrected chi connectivity index (χ4v) is 3.59. The minimum absolute atomic E-state index is 1.30. The Balaban J connectivity index is 2.21. The molecule has 0 aliphatic carbocycles. The Morgan fingerprint density at radius 2 is 1.09 bits per heavy atom. The maximum atomic E-state index is 2.32. The summed E-state index contributed by atoms with van der Waals surface area (Å²) in [6.07, 6.45) is 0. The van der Waals surface area contributed by atoms with Crippen LogP contribution in [0.25, 0.3) is 32.7 Å². The van der Waals surface area contributed by atoms with Crippen molar-refractivity contribution in [3.05, 3.63) is 83.4 Å². The summed E-state index contributed by atoms with van der Waals surface area (Å²) in [4.78, 5) is 0. The second-order valence-electron chi connectivity index (χ2n) is 6.46. The van der Waals surface area contributed by atoms with Gasteiger partial charge in [-0.2, -0.15) is 0 Å². The second kappa shape index (κ2) is 5.24. The summed E-state index contributed by atoms with van der Waals surface area (Å²) in [5.74, 6) is 0. The fraction of sp³-hybridized carbons (Fsp3) is 0.130. The minimum Gasteiger partial charge on any atom is -0.0616 e. The van der Waals surface area contributed by atoms with Gasteiger partial charge in [0.15, 0.2) is 0 Å². The van der Waals surface area contributed by atoms with Gasteiger partial charge in [0.25, 0.3) is 0 Å². The molecule has 0 bridgehead atoms. The molecule has 0 unspecified atom stereocenters. The van der Waals surface area contributed by atoms with Crippen LogP contribution >= 0.6 is 0 Å². The van der Waals surface area contributed by atoms with Gasteiger partial charge in [-0.25, -0.2) is 0 Å². The van der Waals surface area contributed by atoms with Gasteiger partial charge in [0.2, 0.25) is 0 Å². The molecule has 23 heavy (non-hydrogen) atoms. The third-order valence-electron chi connectivity index (χ3n) is 4.77. The lowest BCUT2D eigenvalue weighted by molar-refractivity contribution is 1.44. The molecule has 0 radical (unpaired) electrons. The normalized spacial score (nSPS) is 11.3. The first kappa shape index (κ1) is 14.0. The molecule has 0 amide bonds. The zero-order chi connectivity index (χ0) is 16.0. The predicted octanol–water partition coefficient (Wildman–Crippen LogP) is 6.59. The van der Waals surface area contributed by atoms with E-state index in [-0.39, 0.29) is 0 Å². The number of fused-ring (bicyclic) bond motifs is 2. The molecule has 4 rings (SSSR count). The highest BCUT2D eigenvalue weighted by Gasteiger charge is 2.13. The van der Waals surface area contributed by atoms with E-state index in [2.05, 4.69) is 87.5 Å². The van der Waals surface area contributed by atoms with Gasteiger partial charge in [0, 0.05) is 0 Å². The Kier molecular flexibility index (Phi) is 3.20. The van der Waals surface area contributed by atoms with Crippen LogP contribution in [0, 0.1) is 20.8 Å². The first-order chi connectivity index (χ1) is 11.1. The summed E-state index contributed by atoms with van der Waals surface area (Å²) in [5, 5.41) is 5.30.